The predicted octanol–water partition coefficient (Wildman–Crippen LogP) is 3.46. The van der Waals surface area contributed by atoms with Crippen molar-refractivity contribution >= 4 is 52.7 Å². The molecule has 116 valence electrons. The van der Waals surface area contributed by atoms with Gasteiger partial charge in [0.05, 0.1) is 15.7 Å². The van der Waals surface area contributed by atoms with E-state index in [1.807, 2.05) is 6.26 Å². The SMILES string of the molecule is CSCC[C@@H](NC(=O)Nc1c(Cl)cc(F)cc1Cl)C(=O)O. The molecule has 0 unspecified atom stereocenters. The molecule has 0 aromatic heterocycles. The Morgan fingerprint density at radius 2 is 1.95 bits per heavy atom. The Balaban J connectivity index is 2.74. The summed E-state index contributed by atoms with van der Waals surface area (Å²) in [4.78, 5) is 22.8. The Labute approximate surface area is 135 Å². The largest absolute Gasteiger partial charge is 0.480 e. The number of hydrogen-bond donors (Lipinski definition) is 3. The number of carboxylic acids is 1. The van der Waals surface area contributed by atoms with Gasteiger partial charge in [-0.3, -0.25) is 0 Å². The molecule has 1 atom stereocenters. The molecule has 2 amide bonds. The summed E-state index contributed by atoms with van der Waals surface area (Å²) in [6.45, 7) is 0. The van der Waals surface area contributed by atoms with Crippen molar-refractivity contribution in [2.24, 2.45) is 0 Å². The zero-order valence-corrected chi connectivity index (χ0v) is 13.3. The quantitative estimate of drug-likeness (QED) is 0.730. The van der Waals surface area contributed by atoms with Crippen LogP contribution >= 0.6 is 35.0 Å². The number of amides is 2. The summed E-state index contributed by atoms with van der Waals surface area (Å²) < 4.78 is 13.0. The number of rotatable bonds is 6. The second kappa shape index (κ2) is 8.31. The normalized spacial score (nSPS) is 11.8. The summed E-state index contributed by atoms with van der Waals surface area (Å²) in [6.07, 6.45) is 2.10. The van der Waals surface area contributed by atoms with Crippen LogP contribution in [-0.2, 0) is 4.79 Å². The van der Waals surface area contributed by atoms with Crippen molar-refractivity contribution in [2.45, 2.75) is 12.5 Å². The molecule has 0 aliphatic rings. The molecule has 0 heterocycles. The van der Waals surface area contributed by atoms with Crippen LogP contribution in [0, 0.1) is 5.82 Å². The van der Waals surface area contributed by atoms with Crippen LogP contribution in [0.3, 0.4) is 0 Å². The molecule has 9 heteroatoms. The number of urea groups is 1. The lowest BCUT2D eigenvalue weighted by Gasteiger charge is -2.15. The second-order valence-corrected chi connectivity index (χ2v) is 5.82. The fourth-order valence-electron chi connectivity index (χ4n) is 1.46. The van der Waals surface area contributed by atoms with E-state index in [0.717, 1.165) is 12.1 Å². The van der Waals surface area contributed by atoms with E-state index in [0.29, 0.717) is 5.75 Å². The van der Waals surface area contributed by atoms with E-state index in [2.05, 4.69) is 10.6 Å². The summed E-state index contributed by atoms with van der Waals surface area (Å²) in [7, 11) is 0. The van der Waals surface area contributed by atoms with Gasteiger partial charge in [0, 0.05) is 0 Å². The Bertz CT molecular complexity index is 522. The number of carboxylic acid groups (broad SMARTS) is 1. The average Bonchev–Trinajstić information content (AvgIpc) is 2.38. The van der Waals surface area contributed by atoms with Crippen molar-refractivity contribution in [1.82, 2.24) is 5.32 Å². The zero-order chi connectivity index (χ0) is 16.0. The zero-order valence-electron chi connectivity index (χ0n) is 11.0. The van der Waals surface area contributed by atoms with Crippen molar-refractivity contribution in [1.29, 1.82) is 0 Å². The van der Waals surface area contributed by atoms with Gasteiger partial charge < -0.3 is 15.7 Å². The molecule has 3 N–H and O–H groups in total. The number of thioether (sulfide) groups is 1. The van der Waals surface area contributed by atoms with Gasteiger partial charge in [0.1, 0.15) is 11.9 Å². The van der Waals surface area contributed by atoms with Crippen molar-refractivity contribution in [2.75, 3.05) is 17.3 Å². The lowest BCUT2D eigenvalue weighted by atomic mass is 10.2. The second-order valence-electron chi connectivity index (χ2n) is 4.02. The van der Waals surface area contributed by atoms with Gasteiger partial charge >= 0.3 is 12.0 Å². The number of anilines is 1. The third-order valence-electron chi connectivity index (χ3n) is 2.46. The Morgan fingerprint density at radius 3 is 2.43 bits per heavy atom. The molecule has 0 aliphatic carbocycles. The van der Waals surface area contributed by atoms with Crippen molar-refractivity contribution < 1.29 is 19.1 Å². The third-order valence-corrected chi connectivity index (χ3v) is 3.70. The van der Waals surface area contributed by atoms with Gasteiger partial charge in [-0.1, -0.05) is 23.2 Å². The fourth-order valence-corrected chi connectivity index (χ4v) is 2.49. The van der Waals surface area contributed by atoms with Crippen LogP contribution < -0.4 is 10.6 Å². The van der Waals surface area contributed by atoms with E-state index in [9.17, 15) is 14.0 Å². The minimum atomic E-state index is -1.14. The van der Waals surface area contributed by atoms with E-state index >= 15 is 0 Å². The van der Waals surface area contributed by atoms with Crippen LogP contribution in [-0.4, -0.2) is 35.2 Å². The summed E-state index contributed by atoms with van der Waals surface area (Å²) in [5.41, 5.74) is 0.0197. The molecule has 0 radical (unpaired) electrons. The highest BCUT2D eigenvalue weighted by atomic mass is 35.5. The third kappa shape index (κ3) is 5.61. The molecule has 0 saturated heterocycles. The molecule has 0 bridgehead atoms. The molecule has 1 rings (SSSR count). The van der Waals surface area contributed by atoms with Crippen LogP contribution in [0.5, 0.6) is 0 Å². The maximum Gasteiger partial charge on any atom is 0.326 e. The summed E-state index contributed by atoms with van der Waals surface area (Å²) in [6, 6.07) is 0.172. The molecule has 1 aromatic rings. The topological polar surface area (TPSA) is 78.4 Å². The van der Waals surface area contributed by atoms with E-state index < -0.39 is 23.9 Å². The number of hydrogen-bond acceptors (Lipinski definition) is 3. The fraction of sp³-hybridized carbons (Fsp3) is 0.333. The van der Waals surface area contributed by atoms with Gasteiger partial charge in [0.15, 0.2) is 0 Å². The first kappa shape index (κ1) is 17.9. The van der Waals surface area contributed by atoms with Gasteiger partial charge in [-0.05, 0) is 30.6 Å². The highest BCUT2D eigenvalue weighted by Crippen LogP contribution is 2.31. The van der Waals surface area contributed by atoms with Gasteiger partial charge in [-0.25, -0.2) is 14.0 Å². The standard InChI is InChI=1S/C12H13Cl2FN2O3S/c1-21-3-2-9(11(18)19)16-12(20)17-10-7(13)4-6(15)5-8(10)14/h4-5,9H,2-3H2,1H3,(H,18,19)(H2,16,17,20)/t9-/m1/s1. The molecular weight excluding hydrogens is 342 g/mol. The molecule has 1 aromatic carbocycles. The maximum absolute atomic E-state index is 13.0. The molecular formula is C12H13Cl2FN2O3S. The molecule has 5 nitrogen and oxygen atoms in total. The Hall–Kier alpha value is -1.18. The van der Waals surface area contributed by atoms with Crippen molar-refractivity contribution in [3.05, 3.63) is 28.0 Å². The van der Waals surface area contributed by atoms with Gasteiger partial charge in [-0.15, -0.1) is 0 Å². The highest BCUT2D eigenvalue weighted by molar-refractivity contribution is 7.98. The summed E-state index contributed by atoms with van der Waals surface area (Å²) in [5, 5.41) is 13.5. The number of benzene rings is 1. The summed E-state index contributed by atoms with van der Waals surface area (Å²) in [5.74, 6) is -1.20. The summed E-state index contributed by atoms with van der Waals surface area (Å²) >= 11 is 13.0. The van der Waals surface area contributed by atoms with Gasteiger partial charge in [0.2, 0.25) is 0 Å². The van der Waals surface area contributed by atoms with Gasteiger partial charge in [-0.2, -0.15) is 11.8 Å². The first-order chi connectivity index (χ1) is 9.85. The molecule has 0 fully saturated rings. The van der Waals surface area contributed by atoms with E-state index in [1.165, 1.54) is 11.8 Å². The van der Waals surface area contributed by atoms with Crippen LogP contribution in [0.4, 0.5) is 14.9 Å². The number of nitrogens with one attached hydrogen (secondary N) is 2. The van der Waals surface area contributed by atoms with E-state index in [1.54, 1.807) is 0 Å². The minimum absolute atomic E-state index is 0.0197. The van der Waals surface area contributed by atoms with Crippen molar-refractivity contribution in [3.63, 3.8) is 0 Å². The minimum Gasteiger partial charge on any atom is -0.480 e. The molecule has 0 aliphatic heterocycles. The Morgan fingerprint density at radius 1 is 1.38 bits per heavy atom. The Kier molecular flexibility index (Phi) is 7.07. The highest BCUT2D eigenvalue weighted by Gasteiger charge is 2.20. The number of carbonyl (C=O) groups excluding carboxylic acids is 1. The van der Waals surface area contributed by atoms with Crippen LogP contribution in [0.1, 0.15) is 6.42 Å². The number of halogens is 3. The number of aliphatic carboxylic acids is 1. The lowest BCUT2D eigenvalue weighted by molar-refractivity contribution is -0.139. The number of carbonyl (C=O) groups is 2. The molecule has 0 saturated carbocycles. The van der Waals surface area contributed by atoms with Gasteiger partial charge in [0.25, 0.3) is 0 Å². The predicted molar refractivity (Wildman–Crippen MR) is 83.0 cm³/mol. The monoisotopic (exact) mass is 354 g/mol. The van der Waals surface area contributed by atoms with Crippen LogP contribution in [0.2, 0.25) is 10.0 Å². The van der Waals surface area contributed by atoms with E-state index in [4.69, 9.17) is 28.3 Å². The molecule has 0 spiro atoms. The lowest BCUT2D eigenvalue weighted by Crippen LogP contribution is -2.43. The van der Waals surface area contributed by atoms with Crippen LogP contribution in [0.15, 0.2) is 12.1 Å². The van der Waals surface area contributed by atoms with Crippen LogP contribution in [0.25, 0.3) is 0 Å². The maximum atomic E-state index is 13.0. The molecule has 21 heavy (non-hydrogen) atoms. The first-order valence-corrected chi connectivity index (χ1v) is 7.94. The first-order valence-electron chi connectivity index (χ1n) is 5.79. The van der Waals surface area contributed by atoms with E-state index in [-0.39, 0.29) is 22.2 Å². The smallest absolute Gasteiger partial charge is 0.326 e. The van der Waals surface area contributed by atoms with Crippen molar-refractivity contribution in [3.8, 4) is 0 Å². The average molecular weight is 355 g/mol.